The van der Waals surface area contributed by atoms with Crippen molar-refractivity contribution in [3.8, 4) is 5.75 Å². The molecule has 0 spiro atoms. The number of hydrogen-bond acceptors (Lipinski definition) is 5. The SMILES string of the molecule is CCOC(=O)C1=CC[C@H]2Oc3ccc(Br)cc3CC2=C1C(=O)OCC. The Labute approximate surface area is 154 Å². The Kier molecular flexibility index (Phi) is 5.27. The van der Waals surface area contributed by atoms with Crippen LogP contribution in [0.5, 0.6) is 5.75 Å². The molecule has 25 heavy (non-hydrogen) atoms. The third kappa shape index (κ3) is 3.49. The summed E-state index contributed by atoms with van der Waals surface area (Å²) in [6.45, 7) is 3.95. The number of hydrogen-bond donors (Lipinski definition) is 0. The van der Waals surface area contributed by atoms with Gasteiger partial charge in [-0.05, 0) is 43.2 Å². The Morgan fingerprint density at radius 1 is 1.20 bits per heavy atom. The molecule has 1 atom stereocenters. The first-order chi connectivity index (χ1) is 12.0. The van der Waals surface area contributed by atoms with E-state index in [1.807, 2.05) is 18.2 Å². The van der Waals surface area contributed by atoms with Crippen molar-refractivity contribution < 1.29 is 23.8 Å². The van der Waals surface area contributed by atoms with Crippen molar-refractivity contribution in [3.05, 3.63) is 51.0 Å². The highest BCUT2D eigenvalue weighted by atomic mass is 79.9. The van der Waals surface area contributed by atoms with Crippen LogP contribution in [-0.4, -0.2) is 31.3 Å². The Balaban J connectivity index is 2.06. The highest BCUT2D eigenvalue weighted by Crippen LogP contribution is 2.39. The first kappa shape index (κ1) is 17.7. The Hall–Kier alpha value is -2.08. The van der Waals surface area contributed by atoms with Crippen LogP contribution in [0.15, 0.2) is 45.5 Å². The maximum absolute atomic E-state index is 12.6. The fourth-order valence-corrected chi connectivity index (χ4v) is 3.53. The lowest BCUT2D eigenvalue weighted by Crippen LogP contribution is -2.33. The Morgan fingerprint density at radius 2 is 1.92 bits per heavy atom. The van der Waals surface area contributed by atoms with Gasteiger partial charge >= 0.3 is 11.9 Å². The monoisotopic (exact) mass is 406 g/mol. The molecule has 1 aliphatic heterocycles. The van der Waals surface area contributed by atoms with Gasteiger partial charge in [-0.2, -0.15) is 0 Å². The lowest BCUT2D eigenvalue weighted by Gasteiger charge is -2.33. The highest BCUT2D eigenvalue weighted by molar-refractivity contribution is 9.10. The van der Waals surface area contributed by atoms with Gasteiger partial charge in [-0.15, -0.1) is 0 Å². The molecule has 0 radical (unpaired) electrons. The zero-order valence-electron chi connectivity index (χ0n) is 14.1. The smallest absolute Gasteiger partial charge is 0.339 e. The van der Waals surface area contributed by atoms with Gasteiger partial charge in [0.2, 0.25) is 0 Å². The number of benzene rings is 1. The molecule has 0 saturated carbocycles. The fraction of sp³-hybridized carbons (Fsp3) is 0.368. The van der Waals surface area contributed by atoms with Gasteiger partial charge in [0.1, 0.15) is 11.9 Å². The van der Waals surface area contributed by atoms with Crippen molar-refractivity contribution in [1.82, 2.24) is 0 Å². The van der Waals surface area contributed by atoms with E-state index >= 15 is 0 Å². The summed E-state index contributed by atoms with van der Waals surface area (Å²) in [6.07, 6.45) is 2.49. The lowest BCUT2D eigenvalue weighted by atomic mass is 9.83. The fourth-order valence-electron chi connectivity index (χ4n) is 3.12. The summed E-state index contributed by atoms with van der Waals surface area (Å²) < 4.78 is 17.3. The van der Waals surface area contributed by atoms with Gasteiger partial charge < -0.3 is 14.2 Å². The Morgan fingerprint density at radius 3 is 2.64 bits per heavy atom. The average Bonchev–Trinajstić information content (AvgIpc) is 2.59. The molecule has 0 amide bonds. The minimum atomic E-state index is -0.511. The minimum Gasteiger partial charge on any atom is -0.485 e. The van der Waals surface area contributed by atoms with Crippen molar-refractivity contribution in [1.29, 1.82) is 0 Å². The van der Waals surface area contributed by atoms with E-state index in [1.54, 1.807) is 19.9 Å². The predicted molar refractivity (Wildman–Crippen MR) is 95.3 cm³/mol. The van der Waals surface area contributed by atoms with E-state index in [9.17, 15) is 9.59 Å². The molecule has 5 nitrogen and oxygen atoms in total. The van der Waals surface area contributed by atoms with E-state index in [0.717, 1.165) is 21.4 Å². The van der Waals surface area contributed by atoms with Crippen molar-refractivity contribution in [2.75, 3.05) is 13.2 Å². The summed E-state index contributed by atoms with van der Waals surface area (Å²) >= 11 is 3.45. The third-order valence-corrected chi connectivity index (χ3v) is 4.66. The van der Waals surface area contributed by atoms with E-state index in [4.69, 9.17) is 14.2 Å². The number of rotatable bonds is 4. The number of carbonyl (C=O) groups excluding carboxylic acids is 2. The lowest BCUT2D eigenvalue weighted by molar-refractivity contribution is -0.142. The topological polar surface area (TPSA) is 61.8 Å². The van der Waals surface area contributed by atoms with E-state index in [-0.39, 0.29) is 30.5 Å². The van der Waals surface area contributed by atoms with E-state index in [0.29, 0.717) is 12.8 Å². The average molecular weight is 407 g/mol. The maximum Gasteiger partial charge on any atom is 0.339 e. The van der Waals surface area contributed by atoms with Gasteiger partial charge in [-0.25, -0.2) is 9.59 Å². The molecular weight excluding hydrogens is 388 g/mol. The number of halogens is 1. The summed E-state index contributed by atoms with van der Waals surface area (Å²) in [6, 6.07) is 5.79. The van der Waals surface area contributed by atoms with Crippen molar-refractivity contribution in [2.24, 2.45) is 0 Å². The molecule has 1 aromatic rings. The molecule has 2 aliphatic rings. The summed E-state index contributed by atoms with van der Waals surface area (Å²) in [5, 5.41) is 0. The molecule has 0 aromatic heterocycles. The number of fused-ring (bicyclic) bond motifs is 2. The van der Waals surface area contributed by atoms with Gasteiger partial charge in [-0.3, -0.25) is 0 Å². The molecule has 3 rings (SSSR count). The summed E-state index contributed by atoms with van der Waals surface area (Å²) in [7, 11) is 0. The van der Waals surface area contributed by atoms with Gasteiger partial charge in [0.15, 0.2) is 0 Å². The van der Waals surface area contributed by atoms with E-state index in [1.165, 1.54) is 0 Å². The van der Waals surface area contributed by atoms with Crippen molar-refractivity contribution in [2.45, 2.75) is 32.8 Å². The van der Waals surface area contributed by atoms with Crippen LogP contribution in [0, 0.1) is 0 Å². The van der Waals surface area contributed by atoms with Crippen molar-refractivity contribution >= 4 is 27.9 Å². The van der Waals surface area contributed by atoms with Crippen molar-refractivity contribution in [3.63, 3.8) is 0 Å². The number of ether oxygens (including phenoxy) is 3. The summed E-state index contributed by atoms with van der Waals surface area (Å²) in [4.78, 5) is 24.9. The van der Waals surface area contributed by atoms with Crippen LogP contribution < -0.4 is 4.74 Å². The Bertz CT molecular complexity index is 778. The molecule has 0 N–H and O–H groups in total. The second-order valence-corrected chi connectivity index (χ2v) is 6.65. The molecule has 132 valence electrons. The standard InChI is InChI=1S/C19H19BrO5/c1-3-23-18(21)13-6-8-16-14(17(13)19(22)24-4-2)10-11-9-12(20)5-7-15(11)25-16/h5-7,9,16H,3-4,8,10H2,1-2H3/t16-/m1/s1. The molecule has 1 heterocycles. The van der Waals surface area contributed by atoms with Crippen LogP contribution in [0.2, 0.25) is 0 Å². The maximum atomic E-state index is 12.6. The van der Waals surface area contributed by atoms with Gasteiger partial charge in [-0.1, -0.05) is 22.0 Å². The largest absolute Gasteiger partial charge is 0.485 e. The molecular formula is C19H19BrO5. The van der Waals surface area contributed by atoms with Crippen LogP contribution in [0.25, 0.3) is 0 Å². The van der Waals surface area contributed by atoms with Crippen LogP contribution in [0.1, 0.15) is 25.8 Å². The summed E-state index contributed by atoms with van der Waals surface area (Å²) in [5.74, 6) is -0.215. The van der Waals surface area contributed by atoms with Gasteiger partial charge in [0.25, 0.3) is 0 Å². The summed E-state index contributed by atoms with van der Waals surface area (Å²) in [5.41, 5.74) is 2.29. The van der Waals surface area contributed by atoms with Crippen LogP contribution in [0.4, 0.5) is 0 Å². The minimum absolute atomic E-state index is 0.235. The molecule has 1 aliphatic carbocycles. The van der Waals surface area contributed by atoms with Crippen LogP contribution in [0.3, 0.4) is 0 Å². The third-order valence-electron chi connectivity index (χ3n) is 4.16. The number of esters is 2. The zero-order valence-corrected chi connectivity index (χ0v) is 15.7. The molecule has 6 heteroatoms. The molecule has 1 aromatic carbocycles. The molecule has 0 bridgehead atoms. The van der Waals surface area contributed by atoms with Crippen LogP contribution >= 0.6 is 15.9 Å². The quantitative estimate of drug-likeness (QED) is 0.715. The first-order valence-electron chi connectivity index (χ1n) is 8.28. The van der Waals surface area contributed by atoms with Gasteiger partial charge in [0.05, 0.1) is 24.4 Å². The van der Waals surface area contributed by atoms with Crippen LogP contribution in [-0.2, 0) is 25.5 Å². The van der Waals surface area contributed by atoms with E-state index in [2.05, 4.69) is 15.9 Å². The normalized spacial score (nSPS) is 18.5. The molecule has 0 fully saturated rings. The second-order valence-electron chi connectivity index (χ2n) is 5.73. The number of carbonyl (C=O) groups is 2. The highest BCUT2D eigenvalue weighted by Gasteiger charge is 2.37. The van der Waals surface area contributed by atoms with E-state index < -0.39 is 11.9 Å². The van der Waals surface area contributed by atoms with Gasteiger partial charge in [0, 0.05) is 17.3 Å². The molecule has 0 saturated heterocycles. The predicted octanol–water partition coefficient (Wildman–Crippen LogP) is 3.51. The molecule has 0 unspecified atom stereocenters. The second kappa shape index (κ2) is 7.44. The first-order valence-corrected chi connectivity index (χ1v) is 9.07. The zero-order chi connectivity index (χ0) is 18.0.